The molecule has 3 rings (SSSR count). The van der Waals surface area contributed by atoms with E-state index >= 15 is 0 Å². The maximum Gasteiger partial charge on any atom is 0.387 e. The Kier molecular flexibility index (Phi) is 7.03. The van der Waals surface area contributed by atoms with Gasteiger partial charge in [0.1, 0.15) is 5.75 Å². The highest BCUT2D eigenvalue weighted by Gasteiger charge is 2.20. The molecule has 0 saturated heterocycles. The van der Waals surface area contributed by atoms with Crippen LogP contribution in [0.5, 0.6) is 5.75 Å². The Morgan fingerprint density at radius 1 is 1.06 bits per heavy atom. The van der Waals surface area contributed by atoms with Crippen molar-refractivity contribution in [1.82, 2.24) is 25.7 Å². The molecule has 9 nitrogen and oxygen atoms in total. The summed E-state index contributed by atoms with van der Waals surface area (Å²) in [6, 6.07) is 14.2. The summed E-state index contributed by atoms with van der Waals surface area (Å²) in [6.45, 7) is -1.31. The molecule has 31 heavy (non-hydrogen) atoms. The minimum atomic E-state index is -2.92. The monoisotopic (exact) mass is 448 g/mol. The summed E-state index contributed by atoms with van der Waals surface area (Å²) in [5.74, 6) is 5.38. The SMILES string of the molecule is C[C@@H](Sc1nnc(-c2ccc(OC(F)F)cc2)n1N)C(=O)NNC(=O)c1ccccc1. The number of nitrogens with zero attached hydrogens (tertiary/aromatic N) is 3. The van der Waals surface area contributed by atoms with Crippen LogP contribution in [0.3, 0.4) is 0 Å². The predicted molar refractivity (Wildman–Crippen MR) is 110 cm³/mol. The lowest BCUT2D eigenvalue weighted by Gasteiger charge is -2.12. The van der Waals surface area contributed by atoms with Crippen molar-refractivity contribution in [3.8, 4) is 17.1 Å². The minimum Gasteiger partial charge on any atom is -0.435 e. The predicted octanol–water partition coefficient (Wildman–Crippen LogP) is 2.20. The van der Waals surface area contributed by atoms with E-state index in [0.717, 1.165) is 11.8 Å². The van der Waals surface area contributed by atoms with Crippen molar-refractivity contribution >= 4 is 23.6 Å². The molecule has 0 bridgehead atoms. The molecule has 12 heteroatoms. The maximum absolute atomic E-state index is 12.3. The number of carbonyl (C=O) groups excluding carboxylic acids is 2. The Hall–Kier alpha value is -3.67. The molecule has 0 radical (unpaired) electrons. The first-order chi connectivity index (χ1) is 14.8. The number of hydrogen-bond acceptors (Lipinski definition) is 7. The Labute approximate surface area is 179 Å². The van der Waals surface area contributed by atoms with E-state index in [4.69, 9.17) is 5.84 Å². The fourth-order valence-electron chi connectivity index (χ4n) is 2.43. The molecule has 0 saturated carbocycles. The molecule has 4 N–H and O–H groups in total. The molecule has 0 aliphatic heterocycles. The number of rotatable bonds is 7. The van der Waals surface area contributed by atoms with Crippen molar-refractivity contribution in [2.45, 2.75) is 23.9 Å². The molecule has 2 amide bonds. The first-order valence-corrected chi connectivity index (χ1v) is 9.80. The van der Waals surface area contributed by atoms with E-state index in [2.05, 4.69) is 25.8 Å². The first kappa shape index (κ1) is 22.0. The molecule has 0 spiro atoms. The maximum atomic E-state index is 12.3. The number of alkyl halides is 2. The van der Waals surface area contributed by atoms with Gasteiger partial charge in [0.15, 0.2) is 5.82 Å². The molecule has 0 fully saturated rings. The van der Waals surface area contributed by atoms with Crippen LogP contribution in [0.1, 0.15) is 17.3 Å². The van der Waals surface area contributed by atoms with Gasteiger partial charge in [0.25, 0.3) is 11.8 Å². The first-order valence-electron chi connectivity index (χ1n) is 8.93. The van der Waals surface area contributed by atoms with Crippen LogP contribution in [-0.2, 0) is 4.79 Å². The normalized spacial score (nSPS) is 11.7. The van der Waals surface area contributed by atoms with Crippen LogP contribution in [0, 0.1) is 0 Å². The molecule has 0 aliphatic rings. The van der Waals surface area contributed by atoms with Crippen molar-refractivity contribution in [3.05, 3.63) is 60.2 Å². The zero-order valence-electron chi connectivity index (χ0n) is 16.2. The molecular formula is C19H18F2N6O3S. The Morgan fingerprint density at radius 2 is 1.74 bits per heavy atom. The fourth-order valence-corrected chi connectivity index (χ4v) is 3.20. The third-order valence-electron chi connectivity index (χ3n) is 3.99. The Balaban J connectivity index is 1.59. The van der Waals surface area contributed by atoms with Crippen molar-refractivity contribution in [3.63, 3.8) is 0 Å². The number of halogens is 2. The summed E-state index contributed by atoms with van der Waals surface area (Å²) >= 11 is 1.03. The van der Waals surface area contributed by atoms with Crippen molar-refractivity contribution in [2.75, 3.05) is 5.84 Å². The van der Waals surface area contributed by atoms with Crippen LogP contribution in [0.15, 0.2) is 59.8 Å². The number of nitrogens with two attached hydrogens (primary N) is 1. The molecule has 1 heterocycles. The van der Waals surface area contributed by atoms with E-state index < -0.39 is 23.7 Å². The van der Waals surface area contributed by atoms with Gasteiger partial charge in [-0.1, -0.05) is 30.0 Å². The van der Waals surface area contributed by atoms with Gasteiger partial charge in [0, 0.05) is 11.1 Å². The van der Waals surface area contributed by atoms with E-state index in [9.17, 15) is 18.4 Å². The number of hydrazine groups is 1. The minimum absolute atomic E-state index is 0.000668. The highest BCUT2D eigenvalue weighted by atomic mass is 32.2. The van der Waals surface area contributed by atoms with E-state index in [-0.39, 0.29) is 16.7 Å². The van der Waals surface area contributed by atoms with Gasteiger partial charge < -0.3 is 10.6 Å². The lowest BCUT2D eigenvalue weighted by Crippen LogP contribution is -2.45. The van der Waals surface area contributed by atoms with Crippen molar-refractivity contribution < 1.29 is 23.1 Å². The van der Waals surface area contributed by atoms with E-state index in [0.29, 0.717) is 11.1 Å². The number of nitrogens with one attached hydrogen (secondary N) is 2. The number of hydrogen-bond donors (Lipinski definition) is 3. The van der Waals surface area contributed by atoms with Gasteiger partial charge in [-0.3, -0.25) is 20.4 Å². The summed E-state index contributed by atoms with van der Waals surface area (Å²) in [4.78, 5) is 24.3. The lowest BCUT2D eigenvalue weighted by molar-refractivity contribution is -0.121. The lowest BCUT2D eigenvalue weighted by atomic mass is 10.2. The number of amides is 2. The van der Waals surface area contributed by atoms with Crippen molar-refractivity contribution in [2.24, 2.45) is 0 Å². The number of thioether (sulfide) groups is 1. The second kappa shape index (κ2) is 9.89. The summed E-state index contributed by atoms with van der Waals surface area (Å²) < 4.78 is 30.0. The standard InChI is InChI=1S/C19H18F2N6O3S/c1-11(16(28)24-25-17(29)13-5-3-2-4-6-13)31-19-26-23-15(27(19)22)12-7-9-14(10-8-12)30-18(20)21/h2-11,18H,22H2,1H3,(H,24,28)(H,25,29)/t11-/m1/s1. The van der Waals surface area contributed by atoms with Crippen molar-refractivity contribution in [1.29, 1.82) is 0 Å². The smallest absolute Gasteiger partial charge is 0.387 e. The zero-order valence-corrected chi connectivity index (χ0v) is 17.0. The van der Waals surface area contributed by atoms with Crippen LogP contribution in [0.2, 0.25) is 0 Å². The van der Waals surface area contributed by atoms with Crippen LogP contribution in [0.25, 0.3) is 11.4 Å². The molecule has 2 aromatic carbocycles. The average Bonchev–Trinajstić information content (AvgIpc) is 3.12. The number of ether oxygens (including phenoxy) is 1. The third-order valence-corrected chi connectivity index (χ3v) is 5.05. The van der Waals surface area contributed by atoms with Crippen LogP contribution in [0.4, 0.5) is 8.78 Å². The number of carbonyl (C=O) groups is 2. The highest BCUT2D eigenvalue weighted by molar-refractivity contribution is 8.00. The van der Waals surface area contributed by atoms with Gasteiger partial charge in [-0.15, -0.1) is 10.2 Å². The largest absolute Gasteiger partial charge is 0.435 e. The summed E-state index contributed by atoms with van der Waals surface area (Å²) in [5, 5.41) is 7.53. The number of aromatic nitrogens is 3. The van der Waals surface area contributed by atoms with Gasteiger partial charge in [-0.2, -0.15) is 8.78 Å². The van der Waals surface area contributed by atoms with Gasteiger partial charge >= 0.3 is 6.61 Å². The molecule has 162 valence electrons. The van der Waals surface area contributed by atoms with E-state index in [1.165, 1.54) is 28.9 Å². The van der Waals surface area contributed by atoms with E-state index in [1.54, 1.807) is 37.3 Å². The molecule has 3 aromatic rings. The van der Waals surface area contributed by atoms with Gasteiger partial charge in [-0.25, -0.2) is 4.68 Å². The fraction of sp³-hybridized carbons (Fsp3) is 0.158. The van der Waals surface area contributed by atoms with Gasteiger partial charge in [-0.05, 0) is 43.3 Å². The third kappa shape index (κ3) is 5.69. The molecule has 1 aromatic heterocycles. The van der Waals surface area contributed by atoms with Gasteiger partial charge in [0.05, 0.1) is 5.25 Å². The zero-order chi connectivity index (χ0) is 22.4. The quantitative estimate of drug-likeness (QED) is 0.288. The highest BCUT2D eigenvalue weighted by Crippen LogP contribution is 2.26. The summed E-state index contributed by atoms with van der Waals surface area (Å²) in [7, 11) is 0. The van der Waals surface area contributed by atoms with Crippen LogP contribution < -0.4 is 21.4 Å². The van der Waals surface area contributed by atoms with E-state index in [1.807, 2.05) is 0 Å². The summed E-state index contributed by atoms with van der Waals surface area (Å²) in [6.07, 6.45) is 0. The summed E-state index contributed by atoms with van der Waals surface area (Å²) in [5.41, 5.74) is 5.61. The molecule has 1 atom stereocenters. The topological polar surface area (TPSA) is 124 Å². The Bertz CT molecular complexity index is 1050. The second-order valence-electron chi connectivity index (χ2n) is 6.15. The molecule has 0 aliphatic carbocycles. The second-order valence-corrected chi connectivity index (χ2v) is 7.46. The molecule has 0 unspecified atom stereocenters. The van der Waals surface area contributed by atoms with Gasteiger partial charge in [0.2, 0.25) is 5.16 Å². The van der Waals surface area contributed by atoms with Crippen LogP contribution in [-0.4, -0.2) is 38.5 Å². The molecular weight excluding hydrogens is 430 g/mol. The van der Waals surface area contributed by atoms with Crippen LogP contribution >= 0.6 is 11.8 Å². The number of nitrogen functional groups attached to an aromatic ring is 1. The average molecular weight is 448 g/mol. The Morgan fingerprint density at radius 3 is 2.39 bits per heavy atom. The number of benzene rings is 2.